The van der Waals surface area contributed by atoms with Crippen LogP contribution in [0.15, 0.2) is 23.1 Å². The number of nitrogens with zero attached hydrogens (tertiary/aromatic N) is 2. The number of aryl methyl sites for hydroxylation is 1. The molecule has 0 spiro atoms. The summed E-state index contributed by atoms with van der Waals surface area (Å²) in [5.74, 6) is 0.804. The Morgan fingerprint density at radius 3 is 2.68 bits per heavy atom. The second kappa shape index (κ2) is 7.92. The lowest BCUT2D eigenvalue weighted by Gasteiger charge is -2.39. The van der Waals surface area contributed by atoms with E-state index >= 15 is 0 Å². The minimum absolute atomic E-state index is 0.530. The molecule has 3 rings (SSSR count). The molecular weight excluding hydrogens is 324 g/mol. The number of hydrogen-bond donors (Lipinski definition) is 0. The van der Waals surface area contributed by atoms with Crippen LogP contribution in [-0.2, 0) is 0 Å². The van der Waals surface area contributed by atoms with E-state index in [1.165, 1.54) is 61.5 Å². The summed E-state index contributed by atoms with van der Waals surface area (Å²) >= 11 is 2.15. The molecule has 2 nitrogen and oxygen atoms in total. The van der Waals surface area contributed by atoms with E-state index in [2.05, 4.69) is 74.5 Å². The van der Waals surface area contributed by atoms with Crippen molar-refractivity contribution < 1.29 is 0 Å². The Morgan fingerprint density at radius 2 is 1.92 bits per heavy atom. The Hall–Kier alpha value is -0.670. The van der Waals surface area contributed by atoms with Gasteiger partial charge in [0.2, 0.25) is 0 Å². The molecule has 25 heavy (non-hydrogen) atoms. The third-order valence-corrected chi connectivity index (χ3v) is 7.67. The van der Waals surface area contributed by atoms with Crippen molar-refractivity contribution in [1.82, 2.24) is 4.90 Å². The lowest BCUT2D eigenvalue weighted by molar-refractivity contribution is 0.197. The fraction of sp³-hybridized carbons (Fsp3) is 0.727. The predicted molar refractivity (Wildman–Crippen MR) is 112 cm³/mol. The summed E-state index contributed by atoms with van der Waals surface area (Å²) in [6.45, 7) is 14.3. The van der Waals surface area contributed by atoms with E-state index < -0.39 is 0 Å². The number of hydrogen-bond acceptors (Lipinski definition) is 3. The lowest BCUT2D eigenvalue weighted by atomic mass is 9.73. The van der Waals surface area contributed by atoms with Crippen molar-refractivity contribution in [2.45, 2.75) is 63.5 Å². The monoisotopic (exact) mass is 360 g/mol. The van der Waals surface area contributed by atoms with Crippen molar-refractivity contribution in [2.75, 3.05) is 38.1 Å². The maximum Gasteiger partial charge on any atom is 0.0507 e. The molecule has 0 N–H and O–H groups in total. The molecule has 2 aliphatic rings. The van der Waals surface area contributed by atoms with Gasteiger partial charge in [0.05, 0.1) is 5.69 Å². The first-order chi connectivity index (χ1) is 11.8. The highest BCUT2D eigenvalue weighted by Crippen LogP contribution is 2.46. The summed E-state index contributed by atoms with van der Waals surface area (Å²) in [5.41, 5.74) is 3.40. The quantitative estimate of drug-likeness (QED) is 0.708. The number of benzene rings is 1. The molecule has 2 unspecified atom stereocenters. The summed E-state index contributed by atoms with van der Waals surface area (Å²) in [5, 5.41) is 0.768. The number of anilines is 1. The van der Waals surface area contributed by atoms with Gasteiger partial charge >= 0.3 is 0 Å². The molecule has 1 aromatic carbocycles. The van der Waals surface area contributed by atoms with Crippen LogP contribution < -0.4 is 4.90 Å². The zero-order valence-electron chi connectivity index (χ0n) is 16.8. The van der Waals surface area contributed by atoms with E-state index in [9.17, 15) is 0 Å². The summed E-state index contributed by atoms with van der Waals surface area (Å²) in [7, 11) is 2.25. The normalized spacial score (nSPS) is 28.0. The molecule has 140 valence electrons. The van der Waals surface area contributed by atoms with Gasteiger partial charge in [-0.25, -0.2) is 0 Å². The van der Waals surface area contributed by atoms with Crippen LogP contribution in [0.25, 0.3) is 0 Å². The fourth-order valence-electron chi connectivity index (χ4n) is 4.52. The minimum atomic E-state index is 0.530. The Morgan fingerprint density at radius 1 is 1.12 bits per heavy atom. The molecule has 2 fully saturated rings. The van der Waals surface area contributed by atoms with Crippen molar-refractivity contribution in [3.05, 3.63) is 23.8 Å². The smallest absolute Gasteiger partial charge is 0.0507 e. The van der Waals surface area contributed by atoms with E-state index in [0.717, 1.165) is 17.7 Å². The average Bonchev–Trinajstić information content (AvgIpc) is 2.75. The topological polar surface area (TPSA) is 6.48 Å². The second-order valence-corrected chi connectivity index (χ2v) is 10.4. The van der Waals surface area contributed by atoms with Gasteiger partial charge in [-0.1, -0.05) is 26.8 Å². The first kappa shape index (κ1) is 19.1. The van der Waals surface area contributed by atoms with E-state index in [1.54, 1.807) is 0 Å². The molecule has 1 aliphatic heterocycles. The largest absolute Gasteiger partial charge is 0.369 e. The van der Waals surface area contributed by atoms with Crippen molar-refractivity contribution in [3.63, 3.8) is 0 Å². The van der Waals surface area contributed by atoms with Crippen molar-refractivity contribution in [1.29, 1.82) is 0 Å². The zero-order chi connectivity index (χ0) is 18.0. The third kappa shape index (κ3) is 4.95. The molecule has 1 saturated carbocycles. The maximum absolute atomic E-state index is 2.64. The highest BCUT2D eigenvalue weighted by atomic mass is 32.2. The van der Waals surface area contributed by atoms with E-state index in [-0.39, 0.29) is 0 Å². The summed E-state index contributed by atoms with van der Waals surface area (Å²) in [6, 6.07) is 7.11. The van der Waals surface area contributed by atoms with Gasteiger partial charge in [0.15, 0.2) is 0 Å². The van der Waals surface area contributed by atoms with Gasteiger partial charge in [-0.2, -0.15) is 0 Å². The number of likely N-dealkylation sites (N-methyl/N-ethyl adjacent to an activating group) is 1. The second-order valence-electron chi connectivity index (χ2n) is 9.16. The Bertz CT molecular complexity index is 583. The first-order valence-corrected chi connectivity index (χ1v) is 10.9. The first-order valence-electron chi connectivity index (χ1n) is 10.0. The molecule has 1 saturated heterocycles. The van der Waals surface area contributed by atoms with Gasteiger partial charge in [0.1, 0.15) is 0 Å². The minimum Gasteiger partial charge on any atom is -0.369 e. The van der Waals surface area contributed by atoms with Gasteiger partial charge in [-0.3, -0.25) is 0 Å². The molecule has 3 heteroatoms. The highest BCUT2D eigenvalue weighted by molar-refractivity contribution is 8.00. The van der Waals surface area contributed by atoms with Crippen LogP contribution in [0.4, 0.5) is 5.69 Å². The van der Waals surface area contributed by atoms with Crippen LogP contribution in [0.2, 0.25) is 0 Å². The van der Waals surface area contributed by atoms with Gasteiger partial charge in [-0.05, 0) is 75.2 Å². The van der Waals surface area contributed by atoms with Crippen LogP contribution in [0.3, 0.4) is 0 Å². The van der Waals surface area contributed by atoms with Crippen LogP contribution >= 0.6 is 11.8 Å². The number of thioether (sulfide) groups is 1. The summed E-state index contributed by atoms with van der Waals surface area (Å²) < 4.78 is 0. The Balaban J connectivity index is 1.77. The summed E-state index contributed by atoms with van der Waals surface area (Å²) in [4.78, 5) is 6.61. The lowest BCUT2D eigenvalue weighted by Crippen LogP contribution is -2.31. The molecule has 0 radical (unpaired) electrons. The van der Waals surface area contributed by atoms with Crippen LogP contribution in [0.1, 0.15) is 52.0 Å². The van der Waals surface area contributed by atoms with E-state index in [4.69, 9.17) is 0 Å². The van der Waals surface area contributed by atoms with Gasteiger partial charge in [-0.15, -0.1) is 11.8 Å². The van der Waals surface area contributed by atoms with Crippen LogP contribution in [0, 0.1) is 18.3 Å². The molecular formula is C22H36N2S. The van der Waals surface area contributed by atoms with Crippen molar-refractivity contribution in [3.8, 4) is 0 Å². The summed E-state index contributed by atoms with van der Waals surface area (Å²) in [6.07, 6.45) is 5.35. The molecule has 1 aromatic rings. The van der Waals surface area contributed by atoms with Gasteiger partial charge < -0.3 is 9.80 Å². The Kier molecular flexibility index (Phi) is 6.05. The SMILES string of the molecule is Cc1ccc(SC2CCC(C)(C)CC2C)c(N2CCCN(C)CC2)c1. The molecule has 0 bridgehead atoms. The molecule has 1 aliphatic carbocycles. The average molecular weight is 361 g/mol. The highest BCUT2D eigenvalue weighted by Gasteiger charge is 2.33. The standard InChI is InChI=1S/C22H36N2S/c1-17-7-8-21(25-20-9-10-22(3,4)16-18(20)2)19(15-17)24-12-6-11-23(5)13-14-24/h7-8,15,18,20H,6,9-14,16H2,1-5H3. The van der Waals surface area contributed by atoms with E-state index in [1.807, 2.05) is 0 Å². The number of rotatable bonds is 3. The van der Waals surface area contributed by atoms with Gasteiger partial charge in [0, 0.05) is 29.8 Å². The van der Waals surface area contributed by atoms with E-state index in [0.29, 0.717) is 5.41 Å². The van der Waals surface area contributed by atoms with Crippen LogP contribution in [-0.4, -0.2) is 43.4 Å². The maximum atomic E-state index is 2.64. The van der Waals surface area contributed by atoms with Gasteiger partial charge in [0.25, 0.3) is 0 Å². The molecule has 1 heterocycles. The Labute approximate surface area is 159 Å². The third-order valence-electron chi connectivity index (χ3n) is 6.07. The zero-order valence-corrected chi connectivity index (χ0v) is 17.7. The molecule has 2 atom stereocenters. The molecule has 0 amide bonds. The predicted octanol–water partition coefficient (Wildman–Crippen LogP) is 5.44. The fourth-order valence-corrected chi connectivity index (χ4v) is 5.87. The van der Waals surface area contributed by atoms with Crippen molar-refractivity contribution in [2.24, 2.45) is 11.3 Å². The van der Waals surface area contributed by atoms with Crippen molar-refractivity contribution >= 4 is 17.4 Å². The van der Waals surface area contributed by atoms with Crippen LogP contribution in [0.5, 0.6) is 0 Å². The molecule has 0 aromatic heterocycles.